The van der Waals surface area contributed by atoms with Crippen molar-refractivity contribution in [3.63, 3.8) is 0 Å². The van der Waals surface area contributed by atoms with E-state index >= 15 is 0 Å². The molecule has 13 heteroatoms. The van der Waals surface area contributed by atoms with Crippen LogP contribution >= 0.6 is 0 Å². The summed E-state index contributed by atoms with van der Waals surface area (Å²) in [6, 6.07) is 8.92. The van der Waals surface area contributed by atoms with Gasteiger partial charge in [-0.15, -0.1) is 0 Å². The van der Waals surface area contributed by atoms with E-state index in [0.29, 0.717) is 5.56 Å². The fraction of sp³-hybridized carbons (Fsp3) is 0.684. The van der Waals surface area contributed by atoms with Crippen LogP contribution in [0.5, 0.6) is 0 Å². The minimum atomic E-state index is -4.10. The standard InChI is InChI=1S/C19H28O10S3/c1-19(2,3)30(20)18-16(29-32(5,23)24)15(28-31(4,21)22)14-13(26-18)11-25-17(27-14)12-9-7-6-8-10-12/h6-10,13-18H,11H2,1-5H3/t13-,14-,15+,16-,17?,18+,30?/m1/s1. The minimum Gasteiger partial charge on any atom is -0.354 e. The zero-order valence-electron chi connectivity index (χ0n) is 18.4. The molecule has 0 amide bonds. The Morgan fingerprint density at radius 3 is 2.03 bits per heavy atom. The summed E-state index contributed by atoms with van der Waals surface area (Å²) >= 11 is 0. The van der Waals surface area contributed by atoms with Crippen LogP contribution in [-0.2, 0) is 53.6 Å². The third-order valence-electron chi connectivity index (χ3n) is 4.74. The molecule has 2 aliphatic heterocycles. The first kappa shape index (κ1) is 25.7. The van der Waals surface area contributed by atoms with Crippen molar-refractivity contribution in [3.8, 4) is 0 Å². The van der Waals surface area contributed by atoms with Crippen molar-refractivity contribution in [2.24, 2.45) is 0 Å². The third-order valence-corrected chi connectivity index (χ3v) is 7.89. The van der Waals surface area contributed by atoms with E-state index in [1.165, 1.54) is 0 Å². The van der Waals surface area contributed by atoms with E-state index in [1.54, 1.807) is 45.0 Å². The molecule has 7 atom stereocenters. The molecule has 0 radical (unpaired) electrons. The molecule has 0 spiro atoms. The number of ether oxygens (including phenoxy) is 3. The number of fused-ring (bicyclic) bond motifs is 1. The molecule has 32 heavy (non-hydrogen) atoms. The molecule has 2 aliphatic rings. The van der Waals surface area contributed by atoms with Crippen molar-refractivity contribution in [2.45, 2.75) is 61.7 Å². The predicted molar refractivity (Wildman–Crippen MR) is 116 cm³/mol. The van der Waals surface area contributed by atoms with Crippen LogP contribution < -0.4 is 0 Å². The summed E-state index contributed by atoms with van der Waals surface area (Å²) in [5, 5.41) is 0. The Bertz CT molecular complexity index is 1030. The first-order chi connectivity index (χ1) is 14.7. The van der Waals surface area contributed by atoms with Gasteiger partial charge in [0, 0.05) is 10.3 Å². The quantitative estimate of drug-likeness (QED) is 0.510. The molecule has 2 saturated heterocycles. The van der Waals surface area contributed by atoms with Crippen molar-refractivity contribution in [1.82, 2.24) is 0 Å². The highest BCUT2D eigenvalue weighted by atomic mass is 32.2. The van der Waals surface area contributed by atoms with Crippen molar-refractivity contribution in [2.75, 3.05) is 19.1 Å². The second-order valence-corrected chi connectivity index (χ2v) is 14.1. The fourth-order valence-corrected chi connectivity index (χ4v) is 6.16. The van der Waals surface area contributed by atoms with Gasteiger partial charge in [-0.25, -0.2) is 0 Å². The molecule has 0 aliphatic carbocycles. The topological polar surface area (TPSA) is 132 Å². The summed E-state index contributed by atoms with van der Waals surface area (Å²) in [7, 11) is -9.98. The van der Waals surface area contributed by atoms with Gasteiger partial charge in [-0.3, -0.25) is 12.6 Å². The van der Waals surface area contributed by atoms with Gasteiger partial charge in [0.2, 0.25) is 0 Å². The van der Waals surface area contributed by atoms with Gasteiger partial charge in [0.15, 0.2) is 11.7 Å². The molecule has 3 rings (SSSR count). The first-order valence-electron chi connectivity index (χ1n) is 9.80. The summed E-state index contributed by atoms with van der Waals surface area (Å²) in [6.07, 6.45) is -4.12. The molecule has 2 heterocycles. The Balaban J connectivity index is 2.03. The van der Waals surface area contributed by atoms with Crippen molar-refractivity contribution in [3.05, 3.63) is 35.9 Å². The van der Waals surface area contributed by atoms with E-state index in [1.807, 2.05) is 6.07 Å². The van der Waals surface area contributed by atoms with Gasteiger partial charge in [-0.05, 0) is 20.8 Å². The van der Waals surface area contributed by atoms with Gasteiger partial charge >= 0.3 is 0 Å². The molecule has 0 N–H and O–H groups in total. The van der Waals surface area contributed by atoms with Crippen LogP contribution in [0.4, 0.5) is 0 Å². The van der Waals surface area contributed by atoms with Gasteiger partial charge in [0.1, 0.15) is 24.4 Å². The highest BCUT2D eigenvalue weighted by Gasteiger charge is 2.56. The maximum Gasteiger partial charge on any atom is 0.264 e. The molecule has 1 aromatic rings. The monoisotopic (exact) mass is 512 g/mol. The molecular weight excluding hydrogens is 484 g/mol. The summed E-state index contributed by atoms with van der Waals surface area (Å²) in [5.74, 6) is 0. The smallest absolute Gasteiger partial charge is 0.264 e. The number of rotatable bonds is 6. The Kier molecular flexibility index (Phi) is 7.52. The lowest BCUT2D eigenvalue weighted by Crippen LogP contribution is -2.65. The normalized spacial score (nSPS) is 32.8. The first-order valence-corrected chi connectivity index (χ1v) is 14.6. The van der Waals surface area contributed by atoms with Crippen LogP contribution in [0.1, 0.15) is 32.6 Å². The molecule has 182 valence electrons. The van der Waals surface area contributed by atoms with E-state index in [4.69, 9.17) is 22.6 Å². The van der Waals surface area contributed by atoms with E-state index in [2.05, 4.69) is 0 Å². The second-order valence-electron chi connectivity index (χ2n) is 8.66. The molecule has 0 saturated carbocycles. The third kappa shape index (κ3) is 6.35. The fourth-order valence-electron chi connectivity index (χ4n) is 3.46. The average molecular weight is 513 g/mol. The molecule has 2 unspecified atom stereocenters. The maximum absolute atomic E-state index is 13.2. The largest absolute Gasteiger partial charge is 0.354 e. The number of hydrogen-bond acceptors (Lipinski definition) is 10. The van der Waals surface area contributed by atoms with Gasteiger partial charge in [0.05, 0.1) is 29.9 Å². The van der Waals surface area contributed by atoms with Gasteiger partial charge in [0.25, 0.3) is 20.2 Å². The van der Waals surface area contributed by atoms with Gasteiger partial charge < -0.3 is 14.2 Å². The summed E-state index contributed by atoms with van der Waals surface area (Å²) < 4.78 is 88.8. The summed E-state index contributed by atoms with van der Waals surface area (Å²) in [5.41, 5.74) is -0.636. The summed E-state index contributed by atoms with van der Waals surface area (Å²) in [6.45, 7) is 5.03. The molecule has 2 fully saturated rings. The van der Waals surface area contributed by atoms with Crippen LogP contribution in [0.2, 0.25) is 0 Å². The molecule has 1 aromatic carbocycles. The van der Waals surface area contributed by atoms with Gasteiger partial charge in [-0.1, -0.05) is 30.3 Å². The zero-order chi connectivity index (χ0) is 23.9. The van der Waals surface area contributed by atoms with Crippen LogP contribution in [0.25, 0.3) is 0 Å². The summed E-state index contributed by atoms with van der Waals surface area (Å²) in [4.78, 5) is 0. The minimum absolute atomic E-state index is 0.0166. The van der Waals surface area contributed by atoms with E-state index < -0.39 is 71.9 Å². The van der Waals surface area contributed by atoms with E-state index in [-0.39, 0.29) is 6.61 Å². The lowest BCUT2D eigenvalue weighted by Gasteiger charge is -2.48. The van der Waals surface area contributed by atoms with E-state index in [0.717, 1.165) is 12.5 Å². The lowest BCUT2D eigenvalue weighted by molar-refractivity contribution is -0.312. The van der Waals surface area contributed by atoms with Crippen LogP contribution in [0, 0.1) is 0 Å². The van der Waals surface area contributed by atoms with E-state index in [9.17, 15) is 21.0 Å². The lowest BCUT2D eigenvalue weighted by atomic mass is 9.99. The Morgan fingerprint density at radius 2 is 1.50 bits per heavy atom. The second kappa shape index (κ2) is 9.37. The van der Waals surface area contributed by atoms with Crippen LogP contribution in [0.15, 0.2) is 30.3 Å². The number of hydrogen-bond donors (Lipinski definition) is 0. The number of benzene rings is 1. The zero-order valence-corrected chi connectivity index (χ0v) is 20.8. The Morgan fingerprint density at radius 1 is 0.938 bits per heavy atom. The SMILES string of the molecule is CC(C)(C)S(=O)[C@@H]1O[C@@H]2COC(c3ccccc3)O[C@H]2[C@H](OS(C)(=O)=O)[C@H]1OS(C)(=O)=O. The van der Waals surface area contributed by atoms with Gasteiger partial charge in [-0.2, -0.15) is 16.8 Å². The molecule has 0 aromatic heterocycles. The average Bonchev–Trinajstić information content (AvgIpc) is 2.66. The van der Waals surface area contributed by atoms with Crippen molar-refractivity contribution in [1.29, 1.82) is 0 Å². The Hall–Kier alpha value is -0.930. The Labute approximate surface area is 191 Å². The van der Waals surface area contributed by atoms with Crippen LogP contribution in [0.3, 0.4) is 0 Å². The molecule has 10 nitrogen and oxygen atoms in total. The highest BCUT2D eigenvalue weighted by Crippen LogP contribution is 2.39. The van der Waals surface area contributed by atoms with Crippen molar-refractivity contribution >= 4 is 31.0 Å². The predicted octanol–water partition coefficient (Wildman–Crippen LogP) is 1.06. The molecule has 0 bridgehead atoms. The highest BCUT2D eigenvalue weighted by molar-refractivity contribution is 7.87. The maximum atomic E-state index is 13.2. The van der Waals surface area contributed by atoms with Crippen molar-refractivity contribution < 1.29 is 43.6 Å². The van der Waals surface area contributed by atoms with Crippen LogP contribution in [-0.4, -0.2) is 74.8 Å². The molecular formula is C19H28O10S3.